The number of carbonyl (C=O) groups is 2. The molecule has 6 nitrogen and oxygen atoms in total. The highest BCUT2D eigenvalue weighted by atomic mass is 79.9. The van der Waals surface area contributed by atoms with E-state index in [2.05, 4.69) is 36.7 Å². The lowest BCUT2D eigenvalue weighted by Gasteiger charge is -2.47. The Bertz CT molecular complexity index is 822. The summed E-state index contributed by atoms with van der Waals surface area (Å²) in [5.74, 6) is -1.85. The molecule has 2 saturated heterocycles. The maximum absolute atomic E-state index is 14.3. The second-order valence-corrected chi connectivity index (χ2v) is 9.95. The zero-order valence-electron chi connectivity index (χ0n) is 17.3. The first-order valence-corrected chi connectivity index (χ1v) is 10.9. The van der Waals surface area contributed by atoms with Crippen molar-refractivity contribution in [2.45, 2.75) is 52.2 Å². The van der Waals surface area contributed by atoms with E-state index >= 15 is 0 Å². The van der Waals surface area contributed by atoms with Gasteiger partial charge in [0.05, 0.1) is 4.47 Å². The van der Waals surface area contributed by atoms with Gasteiger partial charge in [0.2, 0.25) is 0 Å². The van der Waals surface area contributed by atoms with E-state index in [9.17, 15) is 18.4 Å². The second-order valence-electron chi connectivity index (χ2n) is 9.09. The van der Waals surface area contributed by atoms with E-state index in [1.165, 1.54) is 4.90 Å². The monoisotopic (exact) mass is 488 g/mol. The number of nitrogens with zero attached hydrogens (tertiary/aromatic N) is 2. The van der Waals surface area contributed by atoms with Crippen molar-refractivity contribution in [2.75, 3.05) is 19.6 Å². The highest BCUT2D eigenvalue weighted by Gasteiger charge is 2.43. The SMILES string of the molecule is CC(C)(C)C1CC(Oc2cc(F)c(Br)cc2F)C(=O)N(C2CCN(C(=O)O)CC2)C1. The van der Waals surface area contributed by atoms with E-state index in [0.29, 0.717) is 38.9 Å². The molecule has 0 spiro atoms. The summed E-state index contributed by atoms with van der Waals surface area (Å²) in [4.78, 5) is 27.5. The topological polar surface area (TPSA) is 70.1 Å². The Morgan fingerprint density at radius 3 is 2.40 bits per heavy atom. The van der Waals surface area contributed by atoms with Crippen molar-refractivity contribution in [1.82, 2.24) is 9.80 Å². The van der Waals surface area contributed by atoms with Crippen molar-refractivity contribution < 1.29 is 28.2 Å². The summed E-state index contributed by atoms with van der Waals surface area (Å²) in [5, 5.41) is 9.17. The summed E-state index contributed by atoms with van der Waals surface area (Å²) in [7, 11) is 0. The zero-order valence-corrected chi connectivity index (χ0v) is 18.9. The maximum Gasteiger partial charge on any atom is 0.407 e. The van der Waals surface area contributed by atoms with Gasteiger partial charge >= 0.3 is 6.09 Å². The van der Waals surface area contributed by atoms with Gasteiger partial charge in [-0.2, -0.15) is 0 Å². The van der Waals surface area contributed by atoms with Crippen LogP contribution in [0.5, 0.6) is 5.75 Å². The minimum atomic E-state index is -0.958. The number of amides is 2. The fourth-order valence-corrected chi connectivity index (χ4v) is 4.43. The Kier molecular flexibility index (Phi) is 6.60. The molecule has 2 fully saturated rings. The quantitative estimate of drug-likeness (QED) is 0.635. The number of halogens is 3. The number of carboxylic acid groups (broad SMARTS) is 1. The Balaban J connectivity index is 1.82. The van der Waals surface area contributed by atoms with Crippen LogP contribution in [-0.4, -0.2) is 58.7 Å². The van der Waals surface area contributed by atoms with Gasteiger partial charge in [0.15, 0.2) is 17.7 Å². The summed E-state index contributed by atoms with van der Waals surface area (Å²) >= 11 is 2.94. The van der Waals surface area contributed by atoms with Gasteiger partial charge in [0.25, 0.3) is 5.91 Å². The van der Waals surface area contributed by atoms with Gasteiger partial charge in [-0.1, -0.05) is 20.8 Å². The van der Waals surface area contributed by atoms with E-state index in [1.54, 1.807) is 4.90 Å². The first kappa shape index (κ1) is 22.8. The molecule has 9 heteroatoms. The van der Waals surface area contributed by atoms with Gasteiger partial charge in [-0.05, 0) is 52.6 Å². The molecule has 2 atom stereocenters. The van der Waals surface area contributed by atoms with Crippen molar-refractivity contribution >= 4 is 27.9 Å². The molecule has 166 valence electrons. The van der Waals surface area contributed by atoms with Gasteiger partial charge in [0.1, 0.15) is 5.82 Å². The smallest absolute Gasteiger partial charge is 0.407 e. The van der Waals surface area contributed by atoms with Crippen LogP contribution in [0, 0.1) is 23.0 Å². The molecular weight excluding hydrogens is 462 g/mol. The largest absolute Gasteiger partial charge is 0.477 e. The molecule has 2 aliphatic rings. The standard InChI is InChI=1S/C21H27BrF2N2O4/c1-21(2,3)12-8-18(30-17-10-15(23)14(22)9-16(17)24)19(27)26(11-12)13-4-6-25(7-5-13)20(28)29/h9-10,12-13,18H,4-8,11H2,1-3H3,(H,28,29). The maximum atomic E-state index is 14.3. The molecule has 1 aromatic carbocycles. The van der Waals surface area contributed by atoms with Crippen LogP contribution in [-0.2, 0) is 4.79 Å². The first-order chi connectivity index (χ1) is 14.0. The highest BCUT2D eigenvalue weighted by Crippen LogP contribution is 2.37. The average Bonchev–Trinajstić information content (AvgIpc) is 2.66. The van der Waals surface area contributed by atoms with E-state index in [4.69, 9.17) is 9.84 Å². The molecule has 1 N–H and O–H groups in total. The fraction of sp³-hybridized carbons (Fsp3) is 0.619. The van der Waals surface area contributed by atoms with Crippen molar-refractivity contribution in [3.63, 3.8) is 0 Å². The molecule has 30 heavy (non-hydrogen) atoms. The molecule has 0 bridgehead atoms. The van der Waals surface area contributed by atoms with Gasteiger partial charge < -0.3 is 19.6 Å². The predicted molar refractivity (Wildman–Crippen MR) is 110 cm³/mol. The Morgan fingerprint density at radius 1 is 1.20 bits per heavy atom. The number of piperidine rings is 2. The molecule has 2 amide bonds. The average molecular weight is 489 g/mol. The minimum Gasteiger partial charge on any atom is -0.477 e. The number of hydrogen-bond acceptors (Lipinski definition) is 3. The fourth-order valence-electron chi connectivity index (χ4n) is 4.12. The van der Waals surface area contributed by atoms with Crippen LogP contribution in [0.2, 0.25) is 0 Å². The normalized spacial score (nSPS) is 23.6. The lowest BCUT2D eigenvalue weighted by atomic mass is 9.74. The highest BCUT2D eigenvalue weighted by molar-refractivity contribution is 9.10. The third-order valence-electron chi connectivity index (χ3n) is 6.12. The predicted octanol–water partition coefficient (Wildman–Crippen LogP) is 4.51. The number of ether oxygens (including phenoxy) is 1. The lowest BCUT2D eigenvalue weighted by Crippen LogP contribution is -2.58. The van der Waals surface area contributed by atoms with Gasteiger partial charge in [-0.15, -0.1) is 0 Å². The Hall–Kier alpha value is -1.90. The van der Waals surface area contributed by atoms with Crippen LogP contribution >= 0.6 is 15.9 Å². The van der Waals surface area contributed by atoms with Gasteiger partial charge in [-0.25, -0.2) is 13.6 Å². The second kappa shape index (κ2) is 8.69. The third-order valence-corrected chi connectivity index (χ3v) is 6.73. The number of rotatable bonds is 3. The molecule has 2 unspecified atom stereocenters. The van der Waals surface area contributed by atoms with Crippen LogP contribution in [0.25, 0.3) is 0 Å². The van der Waals surface area contributed by atoms with Crippen LogP contribution in [0.4, 0.5) is 13.6 Å². The van der Waals surface area contributed by atoms with E-state index in [0.717, 1.165) is 12.1 Å². The summed E-state index contributed by atoms with van der Waals surface area (Å²) in [6.07, 6.45) is -0.383. The summed E-state index contributed by atoms with van der Waals surface area (Å²) < 4.78 is 33.9. The lowest BCUT2D eigenvalue weighted by molar-refractivity contribution is -0.150. The molecule has 1 aromatic rings. The minimum absolute atomic E-state index is 0.0123. The number of carbonyl (C=O) groups excluding carboxylic acids is 1. The van der Waals surface area contributed by atoms with Gasteiger partial charge in [0, 0.05) is 31.7 Å². The number of hydrogen-bond donors (Lipinski definition) is 1. The Morgan fingerprint density at radius 2 is 1.83 bits per heavy atom. The van der Waals surface area contributed by atoms with Crippen molar-refractivity contribution in [3.8, 4) is 5.75 Å². The van der Waals surface area contributed by atoms with Crippen molar-refractivity contribution in [2.24, 2.45) is 11.3 Å². The number of likely N-dealkylation sites (tertiary alicyclic amines) is 2. The van der Waals surface area contributed by atoms with Crippen LogP contribution in [0.1, 0.15) is 40.0 Å². The molecule has 2 aliphatic heterocycles. The molecular formula is C21H27BrF2N2O4. The number of benzene rings is 1. The molecule has 0 radical (unpaired) electrons. The first-order valence-electron chi connectivity index (χ1n) is 10.1. The van der Waals surface area contributed by atoms with Crippen LogP contribution in [0.3, 0.4) is 0 Å². The summed E-state index contributed by atoms with van der Waals surface area (Å²) in [6, 6.07) is 1.83. The molecule has 0 aromatic heterocycles. The van der Waals surface area contributed by atoms with Crippen LogP contribution in [0.15, 0.2) is 16.6 Å². The molecule has 0 saturated carbocycles. The zero-order chi connectivity index (χ0) is 22.2. The van der Waals surface area contributed by atoms with E-state index in [1.807, 2.05) is 0 Å². The van der Waals surface area contributed by atoms with E-state index < -0.39 is 23.8 Å². The van der Waals surface area contributed by atoms with Crippen molar-refractivity contribution in [1.29, 1.82) is 0 Å². The van der Waals surface area contributed by atoms with Crippen molar-refractivity contribution in [3.05, 3.63) is 28.2 Å². The van der Waals surface area contributed by atoms with Gasteiger partial charge in [-0.3, -0.25) is 4.79 Å². The van der Waals surface area contributed by atoms with E-state index in [-0.39, 0.29) is 33.5 Å². The Labute approximate surface area is 183 Å². The summed E-state index contributed by atoms with van der Waals surface area (Å²) in [6.45, 7) is 7.50. The third kappa shape index (κ3) is 4.87. The molecule has 3 rings (SSSR count). The summed E-state index contributed by atoms with van der Waals surface area (Å²) in [5.41, 5.74) is -0.119. The van der Waals surface area contributed by atoms with Crippen LogP contribution < -0.4 is 4.74 Å². The molecule has 2 heterocycles. The molecule has 0 aliphatic carbocycles.